The third kappa shape index (κ3) is 2.69. The quantitative estimate of drug-likeness (QED) is 0.727. The Labute approximate surface area is 92.3 Å². The number of nitrogens with zero attached hydrogens (tertiary/aromatic N) is 1. The molecule has 1 saturated heterocycles. The van der Waals surface area contributed by atoms with Crippen molar-refractivity contribution in [1.29, 1.82) is 0 Å². The highest BCUT2D eigenvalue weighted by atomic mass is 32.2. The summed E-state index contributed by atoms with van der Waals surface area (Å²) in [5.74, 6) is 0.606. The first-order valence-electron chi connectivity index (χ1n) is 4.79. The molecule has 0 aliphatic carbocycles. The summed E-state index contributed by atoms with van der Waals surface area (Å²) in [4.78, 5) is 4.15. The number of pyridine rings is 1. The van der Waals surface area contributed by atoms with E-state index < -0.39 is 12.2 Å². The standard InChI is InChI=1S/C10H13NO3S/c12-7-5-14-8(10(7)13)6-15-9-3-1-2-4-11-9/h1-4,7-8,10,12-13H,5-6H2. The summed E-state index contributed by atoms with van der Waals surface area (Å²) in [7, 11) is 0. The molecular weight excluding hydrogens is 214 g/mol. The van der Waals surface area contributed by atoms with Crippen LogP contribution in [0.15, 0.2) is 29.4 Å². The maximum atomic E-state index is 9.53. The minimum absolute atomic E-state index is 0.217. The second-order valence-electron chi connectivity index (χ2n) is 3.41. The highest BCUT2D eigenvalue weighted by Gasteiger charge is 2.34. The van der Waals surface area contributed by atoms with Crippen molar-refractivity contribution in [3.05, 3.63) is 24.4 Å². The molecule has 0 aromatic carbocycles. The van der Waals surface area contributed by atoms with E-state index in [-0.39, 0.29) is 12.7 Å². The molecule has 1 fully saturated rings. The van der Waals surface area contributed by atoms with Crippen LogP contribution in [0.3, 0.4) is 0 Å². The van der Waals surface area contributed by atoms with Crippen molar-refractivity contribution in [3.63, 3.8) is 0 Å². The van der Waals surface area contributed by atoms with Crippen LogP contribution in [-0.2, 0) is 4.74 Å². The zero-order chi connectivity index (χ0) is 10.7. The summed E-state index contributed by atoms with van der Waals surface area (Å²) in [6, 6.07) is 5.67. The molecule has 0 saturated carbocycles. The van der Waals surface area contributed by atoms with Gasteiger partial charge in [-0.25, -0.2) is 4.98 Å². The maximum Gasteiger partial charge on any atom is 0.109 e. The van der Waals surface area contributed by atoms with E-state index in [2.05, 4.69) is 4.98 Å². The molecule has 1 aromatic rings. The molecule has 5 heteroatoms. The molecule has 2 rings (SSSR count). The summed E-state index contributed by atoms with van der Waals surface area (Å²) in [6.45, 7) is 0.217. The van der Waals surface area contributed by atoms with Crippen LogP contribution >= 0.6 is 11.8 Å². The van der Waals surface area contributed by atoms with Gasteiger partial charge in [0.05, 0.1) is 17.7 Å². The van der Waals surface area contributed by atoms with E-state index >= 15 is 0 Å². The van der Waals surface area contributed by atoms with Crippen LogP contribution in [0.1, 0.15) is 0 Å². The highest BCUT2D eigenvalue weighted by Crippen LogP contribution is 2.22. The van der Waals surface area contributed by atoms with Gasteiger partial charge in [0.2, 0.25) is 0 Å². The smallest absolute Gasteiger partial charge is 0.109 e. The van der Waals surface area contributed by atoms with Crippen LogP contribution in [0, 0.1) is 0 Å². The van der Waals surface area contributed by atoms with E-state index in [0.717, 1.165) is 5.03 Å². The zero-order valence-corrected chi connectivity index (χ0v) is 8.93. The fourth-order valence-electron chi connectivity index (χ4n) is 1.41. The van der Waals surface area contributed by atoms with E-state index in [1.54, 1.807) is 6.20 Å². The summed E-state index contributed by atoms with van der Waals surface area (Å²) in [6.07, 6.45) is -0.101. The van der Waals surface area contributed by atoms with Crippen LogP contribution in [-0.4, -0.2) is 45.9 Å². The van der Waals surface area contributed by atoms with Gasteiger partial charge in [-0.05, 0) is 12.1 Å². The van der Waals surface area contributed by atoms with Crippen molar-refractivity contribution in [2.45, 2.75) is 23.3 Å². The molecule has 4 nitrogen and oxygen atoms in total. The van der Waals surface area contributed by atoms with Crippen molar-refractivity contribution in [3.8, 4) is 0 Å². The van der Waals surface area contributed by atoms with Crippen LogP contribution in [0.4, 0.5) is 0 Å². The molecule has 0 amide bonds. The molecule has 1 aliphatic rings. The molecule has 0 spiro atoms. The van der Waals surface area contributed by atoms with Gasteiger partial charge >= 0.3 is 0 Å². The topological polar surface area (TPSA) is 62.6 Å². The largest absolute Gasteiger partial charge is 0.388 e. The van der Waals surface area contributed by atoms with Gasteiger partial charge in [0.25, 0.3) is 0 Å². The monoisotopic (exact) mass is 227 g/mol. The molecule has 2 N–H and O–H groups in total. The molecule has 0 radical (unpaired) electrons. The van der Waals surface area contributed by atoms with E-state index in [4.69, 9.17) is 4.74 Å². The van der Waals surface area contributed by atoms with Gasteiger partial charge in [0, 0.05) is 11.9 Å². The molecule has 2 heterocycles. The Bertz CT molecular complexity index is 309. The Kier molecular flexibility index (Phi) is 3.58. The Morgan fingerprint density at radius 3 is 2.93 bits per heavy atom. The Balaban J connectivity index is 1.84. The number of aliphatic hydroxyl groups excluding tert-OH is 2. The van der Waals surface area contributed by atoms with Crippen molar-refractivity contribution >= 4 is 11.8 Å². The first-order valence-corrected chi connectivity index (χ1v) is 5.77. The van der Waals surface area contributed by atoms with Crippen LogP contribution in [0.2, 0.25) is 0 Å². The number of hydrogen-bond donors (Lipinski definition) is 2. The fraction of sp³-hybridized carbons (Fsp3) is 0.500. The van der Waals surface area contributed by atoms with E-state index in [9.17, 15) is 10.2 Å². The number of ether oxygens (including phenoxy) is 1. The Morgan fingerprint density at radius 1 is 1.47 bits per heavy atom. The summed E-state index contributed by atoms with van der Waals surface area (Å²) >= 11 is 1.52. The molecule has 0 bridgehead atoms. The minimum Gasteiger partial charge on any atom is -0.388 e. The average Bonchev–Trinajstić information content (AvgIpc) is 2.59. The van der Waals surface area contributed by atoms with Crippen molar-refractivity contribution < 1.29 is 14.9 Å². The third-order valence-corrected chi connectivity index (χ3v) is 3.32. The molecule has 1 aromatic heterocycles. The minimum atomic E-state index is -0.777. The molecule has 82 valence electrons. The first kappa shape index (κ1) is 10.9. The van der Waals surface area contributed by atoms with Gasteiger partial charge in [-0.1, -0.05) is 6.07 Å². The summed E-state index contributed by atoms with van der Waals surface area (Å²) in [5, 5.41) is 19.7. The lowest BCUT2D eigenvalue weighted by Gasteiger charge is -2.13. The Hall–Kier alpha value is -0.620. The summed E-state index contributed by atoms with van der Waals surface area (Å²) in [5.41, 5.74) is 0. The SMILES string of the molecule is OC1COC(CSc2ccccn2)C1O. The predicted octanol–water partition coefficient (Wildman–Crippen LogP) is 0.294. The van der Waals surface area contributed by atoms with Gasteiger partial charge in [0.15, 0.2) is 0 Å². The van der Waals surface area contributed by atoms with Crippen molar-refractivity contribution in [2.75, 3.05) is 12.4 Å². The van der Waals surface area contributed by atoms with Gasteiger partial charge in [-0.3, -0.25) is 0 Å². The fourth-order valence-corrected chi connectivity index (χ4v) is 2.35. The predicted molar refractivity (Wildman–Crippen MR) is 56.7 cm³/mol. The number of hydrogen-bond acceptors (Lipinski definition) is 5. The van der Waals surface area contributed by atoms with E-state index in [0.29, 0.717) is 5.75 Å². The van der Waals surface area contributed by atoms with Gasteiger partial charge in [-0.2, -0.15) is 0 Å². The molecule has 3 atom stereocenters. The molecular formula is C10H13NO3S. The summed E-state index contributed by atoms with van der Waals surface area (Å²) < 4.78 is 5.25. The van der Waals surface area contributed by atoms with Crippen LogP contribution in [0.5, 0.6) is 0 Å². The zero-order valence-electron chi connectivity index (χ0n) is 8.11. The molecule has 15 heavy (non-hydrogen) atoms. The third-order valence-electron chi connectivity index (χ3n) is 2.29. The lowest BCUT2D eigenvalue weighted by atomic mass is 10.2. The van der Waals surface area contributed by atoms with Gasteiger partial charge in [0.1, 0.15) is 12.2 Å². The highest BCUT2D eigenvalue weighted by molar-refractivity contribution is 7.99. The maximum absolute atomic E-state index is 9.53. The first-order chi connectivity index (χ1) is 7.27. The van der Waals surface area contributed by atoms with Crippen molar-refractivity contribution in [2.24, 2.45) is 0 Å². The van der Waals surface area contributed by atoms with E-state index in [1.165, 1.54) is 11.8 Å². The second-order valence-corrected chi connectivity index (χ2v) is 4.45. The molecule has 1 aliphatic heterocycles. The number of aromatic nitrogens is 1. The normalized spacial score (nSPS) is 30.7. The lowest BCUT2D eigenvalue weighted by Crippen LogP contribution is -2.31. The van der Waals surface area contributed by atoms with Gasteiger partial charge in [-0.15, -0.1) is 11.8 Å². The lowest BCUT2D eigenvalue weighted by molar-refractivity contribution is 0.0337. The number of thioether (sulfide) groups is 1. The number of aliphatic hydroxyl groups is 2. The van der Waals surface area contributed by atoms with Crippen LogP contribution in [0.25, 0.3) is 0 Å². The van der Waals surface area contributed by atoms with Crippen LogP contribution < -0.4 is 0 Å². The van der Waals surface area contributed by atoms with Gasteiger partial charge < -0.3 is 14.9 Å². The Morgan fingerprint density at radius 2 is 2.33 bits per heavy atom. The van der Waals surface area contributed by atoms with Crippen molar-refractivity contribution in [1.82, 2.24) is 4.98 Å². The number of rotatable bonds is 3. The van der Waals surface area contributed by atoms with E-state index in [1.807, 2.05) is 18.2 Å². The molecule has 3 unspecified atom stereocenters. The second kappa shape index (κ2) is 4.94. The average molecular weight is 227 g/mol.